The molecule has 0 atom stereocenters. The molecule has 1 N–H and O–H groups in total. The van der Waals surface area contributed by atoms with Crippen molar-refractivity contribution in [2.24, 2.45) is 0 Å². The van der Waals surface area contributed by atoms with Gasteiger partial charge in [0.05, 0.1) is 0 Å². The fourth-order valence-corrected chi connectivity index (χ4v) is 1.44. The van der Waals surface area contributed by atoms with Crippen molar-refractivity contribution in [3.05, 3.63) is 53.6 Å². The van der Waals surface area contributed by atoms with Gasteiger partial charge >= 0.3 is 0 Å². The third-order valence-corrected chi connectivity index (χ3v) is 2.35. The van der Waals surface area contributed by atoms with Gasteiger partial charge in [-0.25, -0.2) is 4.57 Å². The molecule has 0 aliphatic carbocycles. The van der Waals surface area contributed by atoms with Gasteiger partial charge in [0.2, 0.25) is 12.1 Å². The third kappa shape index (κ3) is 3.08. The van der Waals surface area contributed by atoms with Gasteiger partial charge in [-0.3, -0.25) is 9.78 Å². The first kappa shape index (κ1) is 12.7. The van der Waals surface area contributed by atoms with E-state index in [4.69, 9.17) is 11.6 Å². The molecule has 0 aliphatic rings. The minimum atomic E-state index is 0. The molecule has 0 fully saturated rings. The number of hydrogen-bond donors (Lipinski definition) is 1. The Balaban J connectivity index is 0.00000128. The predicted molar refractivity (Wildman–Crippen MR) is 56.8 cm³/mol. The fraction of sp³-hybridized carbons (Fsp3) is 0.0909. The number of rotatable bonds is 3. The number of H-pyrrole nitrogens is 1. The van der Waals surface area contributed by atoms with Crippen molar-refractivity contribution in [1.82, 2.24) is 4.98 Å². The molecule has 0 saturated carbocycles. The molecule has 0 saturated heterocycles. The minimum absolute atomic E-state index is 0. The largest absolute Gasteiger partial charge is 1.00 e. The maximum absolute atomic E-state index is 11.7. The molecule has 0 spiro atoms. The van der Waals surface area contributed by atoms with Gasteiger partial charge in [0.15, 0.2) is 6.54 Å². The molecule has 2 rings (SSSR count). The average molecular weight is 257 g/mol. The van der Waals surface area contributed by atoms with Gasteiger partial charge in [0.25, 0.3) is 0 Å². The van der Waals surface area contributed by atoms with Crippen LogP contribution >= 0.6 is 11.6 Å². The molecule has 16 heavy (non-hydrogen) atoms. The van der Waals surface area contributed by atoms with Crippen LogP contribution in [0.4, 0.5) is 0 Å². The second kappa shape index (κ2) is 5.68. The highest BCUT2D eigenvalue weighted by molar-refractivity contribution is 6.30. The highest BCUT2D eigenvalue weighted by Crippen LogP contribution is 2.09. The van der Waals surface area contributed by atoms with E-state index in [2.05, 4.69) is 4.98 Å². The van der Waals surface area contributed by atoms with E-state index < -0.39 is 0 Å². The summed E-state index contributed by atoms with van der Waals surface area (Å²) in [6.45, 7) is 0.338. The number of hydrogen-bond acceptors (Lipinski definition) is 1. The van der Waals surface area contributed by atoms with Crippen LogP contribution in [0.2, 0.25) is 5.02 Å². The van der Waals surface area contributed by atoms with Crippen molar-refractivity contribution in [2.45, 2.75) is 6.54 Å². The zero-order valence-electron chi connectivity index (χ0n) is 8.36. The fourth-order valence-electron chi connectivity index (χ4n) is 1.31. The summed E-state index contributed by atoms with van der Waals surface area (Å²) in [4.78, 5) is 14.6. The maximum atomic E-state index is 11.7. The summed E-state index contributed by atoms with van der Waals surface area (Å²) in [6.07, 6.45) is 5.33. The lowest BCUT2D eigenvalue weighted by Crippen LogP contribution is -3.00. The molecular weight excluding hydrogens is 247 g/mol. The van der Waals surface area contributed by atoms with Gasteiger partial charge in [0.1, 0.15) is 12.4 Å². The first-order valence-electron chi connectivity index (χ1n) is 4.56. The summed E-state index contributed by atoms with van der Waals surface area (Å²) in [6, 6.07) is 6.91. The Hall–Kier alpha value is -1.32. The number of carbonyl (C=O) groups excluding carboxylic acids is 1. The smallest absolute Gasteiger partial charge is 0.241 e. The number of imidazole rings is 1. The average Bonchev–Trinajstić information content (AvgIpc) is 2.71. The Morgan fingerprint density at radius 3 is 2.56 bits per heavy atom. The minimum Gasteiger partial charge on any atom is -1.00 e. The van der Waals surface area contributed by atoms with Crippen molar-refractivity contribution in [2.75, 3.05) is 0 Å². The molecule has 2 aromatic rings. The zero-order chi connectivity index (χ0) is 10.7. The number of halogens is 2. The molecule has 1 aromatic heterocycles. The van der Waals surface area contributed by atoms with Crippen molar-refractivity contribution in [3.8, 4) is 0 Å². The van der Waals surface area contributed by atoms with E-state index in [1.165, 1.54) is 0 Å². The lowest BCUT2D eigenvalue weighted by molar-refractivity contribution is -0.681. The molecule has 0 aliphatic heterocycles. The van der Waals surface area contributed by atoms with Crippen molar-refractivity contribution < 1.29 is 21.8 Å². The summed E-state index contributed by atoms with van der Waals surface area (Å²) in [5.41, 5.74) is 0.674. The molecule has 1 heterocycles. The number of ketones is 1. The summed E-state index contributed by atoms with van der Waals surface area (Å²) in [7, 11) is 0. The molecular formula is C11H10Cl2N2O. The van der Waals surface area contributed by atoms with E-state index in [1.54, 1.807) is 41.4 Å². The van der Waals surface area contributed by atoms with Crippen molar-refractivity contribution in [1.29, 1.82) is 0 Å². The summed E-state index contributed by atoms with van der Waals surface area (Å²) < 4.78 is 1.79. The standard InChI is InChI=1S/C11H9ClN2O.ClH/c12-10-3-1-9(2-4-10)11(15)7-14-6-5-13-8-14;/h1-6,8H,7H2;1H. The Morgan fingerprint density at radius 2 is 2.00 bits per heavy atom. The lowest BCUT2D eigenvalue weighted by atomic mass is 10.1. The third-order valence-electron chi connectivity index (χ3n) is 2.09. The van der Waals surface area contributed by atoms with Crippen LogP contribution in [-0.4, -0.2) is 10.8 Å². The predicted octanol–water partition coefficient (Wildman–Crippen LogP) is -1.16. The summed E-state index contributed by atoms with van der Waals surface area (Å²) in [5.74, 6) is 0.0660. The van der Waals surface area contributed by atoms with E-state index in [0.717, 1.165) is 0 Å². The molecule has 0 bridgehead atoms. The first-order valence-corrected chi connectivity index (χ1v) is 4.94. The normalized spacial score (nSPS) is 9.56. The van der Waals surface area contributed by atoms with Crippen LogP contribution in [0, 0.1) is 0 Å². The van der Waals surface area contributed by atoms with Gasteiger partial charge in [-0.05, 0) is 24.3 Å². The van der Waals surface area contributed by atoms with Crippen LogP contribution in [-0.2, 0) is 6.54 Å². The Kier molecular flexibility index (Phi) is 4.52. The Bertz CT molecular complexity index is 451. The topological polar surface area (TPSA) is 36.7 Å². The maximum Gasteiger partial charge on any atom is 0.241 e. The van der Waals surface area contributed by atoms with Gasteiger partial charge < -0.3 is 12.4 Å². The molecule has 0 radical (unpaired) electrons. The number of Topliss-reactive ketones (excluding diaryl/α,β-unsaturated/α-hetero) is 1. The monoisotopic (exact) mass is 256 g/mol. The quantitative estimate of drug-likeness (QED) is 0.546. The second-order valence-electron chi connectivity index (χ2n) is 3.21. The molecule has 5 heteroatoms. The first-order chi connectivity index (χ1) is 7.25. The van der Waals surface area contributed by atoms with Gasteiger partial charge in [0, 0.05) is 10.6 Å². The summed E-state index contributed by atoms with van der Waals surface area (Å²) >= 11 is 5.74. The molecule has 0 amide bonds. The number of aromatic nitrogens is 2. The number of aromatic amines is 1. The molecule has 0 unspecified atom stereocenters. The zero-order valence-corrected chi connectivity index (χ0v) is 9.87. The molecule has 84 valence electrons. The Labute approximate surface area is 104 Å². The van der Waals surface area contributed by atoms with Crippen LogP contribution in [0.1, 0.15) is 10.4 Å². The molecule has 3 nitrogen and oxygen atoms in total. The highest BCUT2D eigenvalue weighted by atomic mass is 35.5. The number of carbonyl (C=O) groups is 1. The van der Waals surface area contributed by atoms with Crippen LogP contribution in [0.25, 0.3) is 0 Å². The van der Waals surface area contributed by atoms with Crippen LogP contribution in [0.5, 0.6) is 0 Å². The van der Waals surface area contributed by atoms with E-state index >= 15 is 0 Å². The van der Waals surface area contributed by atoms with Gasteiger partial charge in [-0.2, -0.15) is 0 Å². The summed E-state index contributed by atoms with van der Waals surface area (Å²) in [5, 5.41) is 0.640. The number of benzene rings is 1. The van der Waals surface area contributed by atoms with E-state index in [1.807, 2.05) is 6.20 Å². The number of nitrogens with one attached hydrogen (secondary N) is 1. The van der Waals surface area contributed by atoms with Crippen LogP contribution in [0.15, 0.2) is 43.0 Å². The van der Waals surface area contributed by atoms with E-state index in [9.17, 15) is 4.79 Å². The number of nitrogens with zero attached hydrogens (tertiary/aromatic N) is 1. The SMILES string of the molecule is O=C(C[n+]1cc[nH]c1)c1ccc(Cl)cc1.[Cl-]. The second-order valence-corrected chi connectivity index (χ2v) is 3.65. The van der Waals surface area contributed by atoms with Crippen LogP contribution in [0.3, 0.4) is 0 Å². The van der Waals surface area contributed by atoms with Crippen molar-refractivity contribution in [3.63, 3.8) is 0 Å². The molecule has 1 aromatic carbocycles. The van der Waals surface area contributed by atoms with Crippen molar-refractivity contribution >= 4 is 17.4 Å². The van der Waals surface area contributed by atoms with Gasteiger partial charge in [-0.15, -0.1) is 0 Å². The highest BCUT2D eigenvalue weighted by Gasteiger charge is 2.09. The van der Waals surface area contributed by atoms with Gasteiger partial charge in [-0.1, -0.05) is 11.6 Å². The van der Waals surface area contributed by atoms with Crippen LogP contribution < -0.4 is 17.0 Å². The Morgan fingerprint density at radius 1 is 1.31 bits per heavy atom. The van der Waals surface area contributed by atoms with E-state index in [-0.39, 0.29) is 18.2 Å². The van der Waals surface area contributed by atoms with E-state index in [0.29, 0.717) is 17.1 Å². The lowest BCUT2D eigenvalue weighted by Gasteiger charge is -1.98.